The second-order valence-corrected chi connectivity index (χ2v) is 11.8. The van der Waals surface area contributed by atoms with Gasteiger partial charge in [-0.2, -0.15) is 0 Å². The highest BCUT2D eigenvalue weighted by Gasteiger charge is 2.21. The number of hydrogen-bond acceptors (Lipinski definition) is 4. The van der Waals surface area contributed by atoms with Crippen LogP contribution in [-0.4, -0.2) is 15.0 Å². The lowest BCUT2D eigenvalue weighted by molar-refractivity contribution is 1.17. The summed E-state index contributed by atoms with van der Waals surface area (Å²) in [7, 11) is 0. The Morgan fingerprint density at radius 1 is 0.419 bits per heavy atom. The van der Waals surface area contributed by atoms with Gasteiger partial charge in [0.1, 0.15) is 0 Å². The van der Waals surface area contributed by atoms with Gasteiger partial charge in [-0.25, -0.2) is 15.0 Å². The molecule has 3 aromatic heterocycles. The van der Waals surface area contributed by atoms with Gasteiger partial charge in [0.25, 0.3) is 0 Å². The lowest BCUT2D eigenvalue weighted by Crippen LogP contribution is -1.98. The number of nitrogens with zero attached hydrogens (tertiary/aromatic N) is 3. The van der Waals surface area contributed by atoms with E-state index in [9.17, 15) is 0 Å². The zero-order chi connectivity index (χ0) is 28.3. The van der Waals surface area contributed by atoms with Crippen LogP contribution in [0.5, 0.6) is 0 Å². The summed E-state index contributed by atoms with van der Waals surface area (Å²) >= 11 is 1.87. The topological polar surface area (TPSA) is 38.7 Å². The van der Waals surface area contributed by atoms with E-state index in [4.69, 9.17) is 15.0 Å². The third-order valence-corrected chi connectivity index (χ3v) is 9.46. The normalized spacial score (nSPS) is 11.7. The molecule has 0 spiro atoms. The van der Waals surface area contributed by atoms with E-state index in [2.05, 4.69) is 103 Å². The van der Waals surface area contributed by atoms with Crippen LogP contribution < -0.4 is 0 Å². The largest absolute Gasteiger partial charge is 0.245 e. The molecule has 0 bridgehead atoms. The predicted octanol–water partition coefficient (Wildman–Crippen LogP) is 10.7. The molecule has 3 nitrogen and oxygen atoms in total. The van der Waals surface area contributed by atoms with Crippen molar-refractivity contribution in [3.05, 3.63) is 140 Å². The summed E-state index contributed by atoms with van der Waals surface area (Å²) in [4.78, 5) is 15.7. The van der Waals surface area contributed by atoms with Crippen LogP contribution in [0.15, 0.2) is 140 Å². The lowest BCUT2D eigenvalue weighted by Gasteiger charge is -2.15. The number of aromatic nitrogens is 3. The molecule has 0 fully saturated rings. The highest BCUT2D eigenvalue weighted by Crippen LogP contribution is 2.46. The maximum absolute atomic E-state index is 5.52. The third kappa shape index (κ3) is 3.77. The van der Waals surface area contributed by atoms with Crippen molar-refractivity contribution in [2.45, 2.75) is 0 Å². The van der Waals surface area contributed by atoms with Gasteiger partial charge in [-0.05, 0) is 17.5 Å². The molecule has 0 aliphatic rings. The summed E-state index contributed by atoms with van der Waals surface area (Å²) in [5, 5.41) is 8.41. The van der Waals surface area contributed by atoms with Crippen molar-refractivity contribution in [2.24, 2.45) is 0 Å². The molecule has 0 N–H and O–H groups in total. The first-order valence-electron chi connectivity index (χ1n) is 14.4. The predicted molar refractivity (Wildman–Crippen MR) is 182 cm³/mol. The fraction of sp³-hybridized carbons (Fsp3) is 0. The van der Waals surface area contributed by atoms with E-state index in [1.165, 1.54) is 36.3 Å². The Hall–Kier alpha value is -5.45. The van der Waals surface area contributed by atoms with Gasteiger partial charge < -0.3 is 0 Å². The molecule has 0 radical (unpaired) electrons. The van der Waals surface area contributed by atoms with Crippen LogP contribution >= 0.6 is 11.3 Å². The number of thiophene rings is 1. The van der Waals surface area contributed by atoms with Crippen molar-refractivity contribution in [2.75, 3.05) is 0 Å². The third-order valence-electron chi connectivity index (χ3n) is 8.25. The second-order valence-electron chi connectivity index (χ2n) is 10.8. The average Bonchev–Trinajstić information content (AvgIpc) is 3.48. The van der Waals surface area contributed by atoms with Crippen molar-refractivity contribution in [3.63, 3.8) is 0 Å². The molecule has 0 unspecified atom stereocenters. The average molecular weight is 566 g/mol. The van der Waals surface area contributed by atoms with Gasteiger partial charge >= 0.3 is 0 Å². The number of hydrogen-bond donors (Lipinski definition) is 0. The van der Waals surface area contributed by atoms with Crippen molar-refractivity contribution in [3.8, 4) is 34.0 Å². The molecule has 0 aliphatic heterocycles. The van der Waals surface area contributed by atoms with Crippen LogP contribution in [0.3, 0.4) is 0 Å². The van der Waals surface area contributed by atoms with Crippen LogP contribution in [0.25, 0.3) is 86.7 Å². The van der Waals surface area contributed by atoms with Gasteiger partial charge in [0.2, 0.25) is 0 Å². The molecule has 9 rings (SSSR count). The molecule has 0 saturated heterocycles. The lowest BCUT2D eigenvalue weighted by atomic mass is 9.94. The highest BCUT2D eigenvalue weighted by atomic mass is 32.1. The molecule has 9 aromatic rings. The Morgan fingerprint density at radius 2 is 1.00 bits per heavy atom. The minimum atomic E-state index is 0.687. The Balaban J connectivity index is 1.45. The van der Waals surface area contributed by atoms with Crippen LogP contribution in [0.4, 0.5) is 0 Å². The number of pyridine rings is 1. The van der Waals surface area contributed by atoms with Crippen molar-refractivity contribution < 1.29 is 0 Å². The molecule has 200 valence electrons. The molecular weight excluding hydrogens is 543 g/mol. The summed E-state index contributed by atoms with van der Waals surface area (Å²) in [6.07, 6.45) is 0. The van der Waals surface area contributed by atoms with Gasteiger partial charge in [-0.15, -0.1) is 11.3 Å². The fourth-order valence-electron chi connectivity index (χ4n) is 6.32. The number of benzene rings is 6. The van der Waals surface area contributed by atoms with Crippen LogP contribution in [0.2, 0.25) is 0 Å². The van der Waals surface area contributed by atoms with E-state index >= 15 is 0 Å². The minimum Gasteiger partial charge on any atom is -0.245 e. The molecule has 0 aliphatic carbocycles. The molecule has 3 heterocycles. The summed E-state index contributed by atoms with van der Waals surface area (Å²) in [5.74, 6) is 0.687. The second kappa shape index (κ2) is 9.55. The SMILES string of the molecule is c1ccc(-c2cc(-c3nc4c5ccccc5c5sc6ccccc6c5c4c4ccccc34)nc(-c3ccccc3)n2)cc1. The molecule has 0 atom stereocenters. The van der Waals surface area contributed by atoms with Gasteiger partial charge in [0.05, 0.1) is 22.6 Å². The van der Waals surface area contributed by atoms with Crippen LogP contribution in [0.1, 0.15) is 0 Å². The highest BCUT2D eigenvalue weighted by molar-refractivity contribution is 7.27. The Kier molecular flexibility index (Phi) is 5.37. The molecule has 43 heavy (non-hydrogen) atoms. The number of fused-ring (bicyclic) bond motifs is 10. The first-order valence-corrected chi connectivity index (χ1v) is 15.2. The maximum atomic E-state index is 5.52. The van der Waals surface area contributed by atoms with Crippen LogP contribution in [0, 0.1) is 0 Å². The number of rotatable bonds is 3. The Morgan fingerprint density at radius 3 is 1.77 bits per heavy atom. The summed E-state index contributed by atoms with van der Waals surface area (Å²) in [5.41, 5.74) is 5.57. The quantitative estimate of drug-likeness (QED) is 0.200. The van der Waals surface area contributed by atoms with E-state index in [1.807, 2.05) is 47.7 Å². The van der Waals surface area contributed by atoms with Gasteiger partial charge in [0, 0.05) is 52.8 Å². The first-order chi connectivity index (χ1) is 21.3. The maximum Gasteiger partial charge on any atom is 0.160 e. The van der Waals surface area contributed by atoms with E-state index in [1.54, 1.807) is 0 Å². The van der Waals surface area contributed by atoms with E-state index < -0.39 is 0 Å². The van der Waals surface area contributed by atoms with E-state index in [0.717, 1.165) is 44.5 Å². The zero-order valence-electron chi connectivity index (χ0n) is 23.0. The van der Waals surface area contributed by atoms with Crippen molar-refractivity contribution >= 4 is 64.0 Å². The Labute approximate surface area is 251 Å². The zero-order valence-corrected chi connectivity index (χ0v) is 23.8. The van der Waals surface area contributed by atoms with Gasteiger partial charge in [-0.1, -0.05) is 127 Å². The molecule has 4 heteroatoms. The van der Waals surface area contributed by atoms with E-state index in [0.29, 0.717) is 5.82 Å². The van der Waals surface area contributed by atoms with Gasteiger partial charge in [-0.3, -0.25) is 0 Å². The molecule has 6 aromatic carbocycles. The molecule has 0 amide bonds. The standard InChI is InChI=1S/C39H23N3S/c1-3-13-24(14-4-1)31-23-32(41-39(40-31)25-15-5-2-6-16-25)36-27-18-8-7-17-26(27)34-35-30-21-11-12-22-33(30)43-38(35)29-20-10-9-19-28(29)37(34)42-36/h1-23H. The summed E-state index contributed by atoms with van der Waals surface area (Å²) in [6.45, 7) is 0. The smallest absolute Gasteiger partial charge is 0.160 e. The van der Waals surface area contributed by atoms with E-state index in [-0.39, 0.29) is 0 Å². The Bertz CT molecular complexity index is 2440. The summed E-state index contributed by atoms with van der Waals surface area (Å²) in [6, 6.07) is 48.7. The van der Waals surface area contributed by atoms with Crippen LogP contribution in [-0.2, 0) is 0 Å². The minimum absolute atomic E-state index is 0.687. The fourth-order valence-corrected chi connectivity index (χ4v) is 7.57. The summed E-state index contributed by atoms with van der Waals surface area (Å²) < 4.78 is 2.60. The van der Waals surface area contributed by atoms with Crippen molar-refractivity contribution in [1.82, 2.24) is 15.0 Å². The molecular formula is C39H23N3S. The first kappa shape index (κ1) is 24.2. The van der Waals surface area contributed by atoms with Crippen molar-refractivity contribution in [1.29, 1.82) is 0 Å². The monoisotopic (exact) mass is 565 g/mol. The molecule has 0 saturated carbocycles. The van der Waals surface area contributed by atoms with Gasteiger partial charge in [0.15, 0.2) is 5.82 Å².